The summed E-state index contributed by atoms with van der Waals surface area (Å²) in [7, 11) is 0. The Balaban J connectivity index is 1.39. The smallest absolute Gasteiger partial charge is 0.220 e. The van der Waals surface area contributed by atoms with Gasteiger partial charge in [-0.15, -0.1) is 0 Å². The Labute approximate surface area is 568 Å². The lowest BCUT2D eigenvalue weighted by Gasteiger charge is -2.48. The van der Waals surface area contributed by atoms with Crippen molar-refractivity contribution >= 4 is 5.91 Å². The number of ether oxygens (including phenoxy) is 6. The molecule has 19 nitrogen and oxygen atoms in total. The van der Waals surface area contributed by atoms with Crippen molar-refractivity contribution in [2.24, 2.45) is 0 Å². The Morgan fingerprint density at radius 3 is 1.09 bits per heavy atom. The van der Waals surface area contributed by atoms with Crippen LogP contribution in [0.3, 0.4) is 0 Å². The van der Waals surface area contributed by atoms with E-state index >= 15 is 0 Å². The van der Waals surface area contributed by atoms with E-state index in [1.165, 1.54) is 225 Å². The highest BCUT2D eigenvalue weighted by molar-refractivity contribution is 5.76. The van der Waals surface area contributed by atoms with Gasteiger partial charge in [-0.1, -0.05) is 289 Å². The standard InChI is InChI=1S/C75H141NO18/c1-3-5-7-9-11-13-15-17-19-21-23-25-27-28-29-31-32-34-36-38-40-42-44-46-48-50-52-59(80)58(76-63(81)53-51-49-47-45-43-41-39-37-35-33-30-26-24-22-20-18-16-14-12-10-8-6-4-2)57-89-73-69(87)66(84)71(61(55-78)91-73)94-75-70(88)67(85)72(62(56-79)92-75)93-74-68(86)65(83)64(82)60(54-77)90-74/h16,18,22,24,58-62,64-75,77-80,82-88H,3-15,17,19-21,23,25-57H2,1-2H3,(H,76,81)/b18-16-,24-22-. The Morgan fingerprint density at radius 2 is 0.702 bits per heavy atom. The normalized spacial score (nSPS) is 27.4. The van der Waals surface area contributed by atoms with Crippen LogP contribution in [0.4, 0.5) is 0 Å². The highest BCUT2D eigenvalue weighted by Crippen LogP contribution is 2.33. The predicted molar refractivity (Wildman–Crippen MR) is 370 cm³/mol. The van der Waals surface area contributed by atoms with Crippen LogP contribution >= 0.6 is 0 Å². The summed E-state index contributed by atoms with van der Waals surface area (Å²) in [5.74, 6) is -0.240. The third kappa shape index (κ3) is 37.6. The molecule has 0 saturated carbocycles. The van der Waals surface area contributed by atoms with Gasteiger partial charge in [0.25, 0.3) is 0 Å². The number of amides is 1. The van der Waals surface area contributed by atoms with Crippen molar-refractivity contribution in [1.82, 2.24) is 5.32 Å². The first-order chi connectivity index (χ1) is 45.8. The quantitative estimate of drug-likeness (QED) is 0.0199. The van der Waals surface area contributed by atoms with Gasteiger partial charge in [-0.2, -0.15) is 0 Å². The van der Waals surface area contributed by atoms with E-state index in [0.717, 1.165) is 57.8 Å². The lowest BCUT2D eigenvalue weighted by molar-refractivity contribution is -0.379. The predicted octanol–water partition coefficient (Wildman–Crippen LogP) is 11.8. The molecule has 0 aromatic carbocycles. The highest BCUT2D eigenvalue weighted by atomic mass is 16.8. The van der Waals surface area contributed by atoms with E-state index in [9.17, 15) is 61.0 Å². The third-order valence-electron chi connectivity index (χ3n) is 19.5. The molecule has 0 radical (unpaired) electrons. The first-order valence-electron chi connectivity index (χ1n) is 38.6. The lowest BCUT2D eigenvalue weighted by atomic mass is 9.96. The van der Waals surface area contributed by atoms with Gasteiger partial charge in [0.2, 0.25) is 5.91 Å². The molecule has 12 N–H and O–H groups in total. The molecule has 3 heterocycles. The van der Waals surface area contributed by atoms with Crippen LogP contribution in [0.25, 0.3) is 0 Å². The van der Waals surface area contributed by atoms with E-state index in [2.05, 4.69) is 43.5 Å². The number of nitrogens with one attached hydrogen (secondary N) is 1. The van der Waals surface area contributed by atoms with Crippen LogP contribution in [-0.2, 0) is 33.2 Å². The molecule has 1 amide bonds. The Bertz CT molecular complexity index is 1800. The van der Waals surface area contributed by atoms with Gasteiger partial charge < -0.3 is 89.9 Å². The number of allylic oxidation sites excluding steroid dienone is 4. The van der Waals surface area contributed by atoms with E-state index in [1.54, 1.807) is 0 Å². The minimum absolute atomic E-state index is 0.240. The van der Waals surface area contributed by atoms with Gasteiger partial charge in [0.1, 0.15) is 73.2 Å². The van der Waals surface area contributed by atoms with Gasteiger partial charge in [0.15, 0.2) is 18.9 Å². The van der Waals surface area contributed by atoms with Crippen LogP contribution in [0.5, 0.6) is 0 Å². The molecule has 3 rings (SSSR count). The molecule has 94 heavy (non-hydrogen) atoms. The average Bonchev–Trinajstić information content (AvgIpc) is 0.787. The summed E-state index contributed by atoms with van der Waals surface area (Å²) in [5, 5.41) is 121. The number of aliphatic hydroxyl groups is 11. The largest absolute Gasteiger partial charge is 0.394 e. The minimum Gasteiger partial charge on any atom is -0.394 e. The molecule has 0 aliphatic carbocycles. The number of hydrogen-bond donors (Lipinski definition) is 12. The van der Waals surface area contributed by atoms with Crippen molar-refractivity contribution in [1.29, 1.82) is 0 Å². The van der Waals surface area contributed by atoms with E-state index in [4.69, 9.17) is 28.4 Å². The van der Waals surface area contributed by atoms with Gasteiger partial charge in [0.05, 0.1) is 38.6 Å². The van der Waals surface area contributed by atoms with Crippen LogP contribution in [-0.4, -0.2) is 193 Å². The fourth-order valence-electron chi connectivity index (χ4n) is 13.3. The van der Waals surface area contributed by atoms with Crippen LogP contribution in [0.1, 0.15) is 316 Å². The van der Waals surface area contributed by atoms with Crippen LogP contribution in [0.2, 0.25) is 0 Å². The van der Waals surface area contributed by atoms with Gasteiger partial charge in [-0.3, -0.25) is 4.79 Å². The molecular weight excluding hydrogens is 1200 g/mol. The van der Waals surface area contributed by atoms with Crippen molar-refractivity contribution in [3.63, 3.8) is 0 Å². The number of unbranched alkanes of at least 4 members (excludes halogenated alkanes) is 41. The molecule has 3 fully saturated rings. The van der Waals surface area contributed by atoms with Gasteiger partial charge >= 0.3 is 0 Å². The second-order valence-corrected chi connectivity index (χ2v) is 27.8. The monoisotopic (exact) mass is 1340 g/mol. The van der Waals surface area contributed by atoms with Crippen LogP contribution in [0, 0.1) is 0 Å². The first kappa shape index (κ1) is 86.5. The zero-order valence-electron chi connectivity index (χ0n) is 59.0. The second kappa shape index (κ2) is 57.0. The highest BCUT2D eigenvalue weighted by Gasteiger charge is 2.53. The zero-order valence-corrected chi connectivity index (χ0v) is 59.0. The van der Waals surface area contributed by atoms with Crippen molar-refractivity contribution in [3.8, 4) is 0 Å². The molecule has 554 valence electrons. The molecule has 19 heteroatoms. The first-order valence-corrected chi connectivity index (χ1v) is 38.6. The SMILES string of the molecule is CCCCCCC/C=C\C/C=C\CCCCCCCCCCCCCC(=O)NC(COC1OC(CO)C(OC2OC(CO)C(OC3OC(CO)C(O)C(O)C3O)C(O)C2O)C(O)C1O)C(O)CCCCCCCCCCCCCCCCCCCCCCCCCCCC. The molecule has 3 saturated heterocycles. The minimum atomic E-state index is -1.97. The number of rotatable bonds is 61. The summed E-state index contributed by atoms with van der Waals surface area (Å²) in [6.45, 7) is 1.84. The summed E-state index contributed by atoms with van der Waals surface area (Å²) in [4.78, 5) is 13.5. The van der Waals surface area contributed by atoms with E-state index in [-0.39, 0.29) is 18.9 Å². The second-order valence-electron chi connectivity index (χ2n) is 27.8. The Hall–Kier alpha value is -1.73. The van der Waals surface area contributed by atoms with Crippen molar-refractivity contribution < 1.29 is 89.4 Å². The van der Waals surface area contributed by atoms with E-state index < -0.39 is 124 Å². The molecule has 0 aromatic heterocycles. The maximum atomic E-state index is 13.5. The zero-order chi connectivity index (χ0) is 68.2. The summed E-state index contributed by atoms with van der Waals surface area (Å²) >= 11 is 0. The maximum Gasteiger partial charge on any atom is 0.220 e. The summed E-state index contributed by atoms with van der Waals surface area (Å²) in [5.41, 5.74) is 0. The molecule has 0 bridgehead atoms. The lowest BCUT2D eigenvalue weighted by Crippen LogP contribution is -2.66. The van der Waals surface area contributed by atoms with Crippen molar-refractivity contribution in [3.05, 3.63) is 24.3 Å². The number of aliphatic hydroxyl groups excluding tert-OH is 11. The summed E-state index contributed by atoms with van der Waals surface area (Å²) in [6, 6.07) is -0.888. The summed E-state index contributed by atoms with van der Waals surface area (Å²) in [6.07, 6.45) is 39.7. The molecule has 0 aromatic rings. The van der Waals surface area contributed by atoms with Gasteiger partial charge in [-0.25, -0.2) is 0 Å². The number of carbonyl (C=O) groups excluding carboxylic acids is 1. The molecule has 0 spiro atoms. The average molecular weight is 1340 g/mol. The van der Waals surface area contributed by atoms with E-state index in [0.29, 0.717) is 12.8 Å². The molecule has 17 unspecified atom stereocenters. The van der Waals surface area contributed by atoms with Gasteiger partial charge in [-0.05, 0) is 44.9 Å². The molecule has 3 aliphatic heterocycles. The molecule has 3 aliphatic rings. The maximum absolute atomic E-state index is 13.5. The molecule has 17 atom stereocenters. The topological polar surface area (TPSA) is 307 Å². The number of carbonyl (C=O) groups is 1. The van der Waals surface area contributed by atoms with Gasteiger partial charge in [0, 0.05) is 6.42 Å². The van der Waals surface area contributed by atoms with Crippen LogP contribution < -0.4 is 5.32 Å². The van der Waals surface area contributed by atoms with E-state index in [1.807, 2.05) is 0 Å². The van der Waals surface area contributed by atoms with Crippen molar-refractivity contribution in [2.45, 2.75) is 420 Å². The third-order valence-corrected chi connectivity index (χ3v) is 19.5. The van der Waals surface area contributed by atoms with Crippen molar-refractivity contribution in [2.75, 3.05) is 26.4 Å². The Kier molecular flexibility index (Phi) is 52.4. The summed E-state index contributed by atoms with van der Waals surface area (Å²) < 4.78 is 34.5. The Morgan fingerprint density at radius 1 is 0.383 bits per heavy atom. The number of hydrogen-bond acceptors (Lipinski definition) is 18. The fourth-order valence-corrected chi connectivity index (χ4v) is 13.3. The fraction of sp³-hybridized carbons (Fsp3) is 0.933. The molecular formula is C75H141NO18. The van der Waals surface area contributed by atoms with Crippen LogP contribution in [0.15, 0.2) is 24.3 Å².